The molecule has 1 atom stereocenters. The number of nitrogens with one attached hydrogen (secondary N) is 3. The fourth-order valence-electron chi connectivity index (χ4n) is 4.38. The summed E-state index contributed by atoms with van der Waals surface area (Å²) in [5, 5.41) is 9.76. The smallest absolute Gasteiger partial charge is 0.319 e. The third-order valence-corrected chi connectivity index (χ3v) is 7.21. The van der Waals surface area contributed by atoms with Crippen LogP contribution in [0.2, 0.25) is 0 Å². The van der Waals surface area contributed by atoms with Gasteiger partial charge in [0.15, 0.2) is 5.17 Å². The van der Waals surface area contributed by atoms with E-state index in [0.717, 1.165) is 42.3 Å². The molecule has 2 heterocycles. The number of anilines is 2. The molecule has 3 amide bonds. The van der Waals surface area contributed by atoms with Gasteiger partial charge in [-0.05, 0) is 49.6 Å². The molecular formula is C27H33N5O3S. The van der Waals surface area contributed by atoms with Crippen molar-refractivity contribution in [1.82, 2.24) is 10.2 Å². The molecular weight excluding hydrogens is 474 g/mol. The highest BCUT2D eigenvalue weighted by atomic mass is 32.2. The second kappa shape index (κ2) is 12.0. The van der Waals surface area contributed by atoms with E-state index in [4.69, 9.17) is 9.73 Å². The van der Waals surface area contributed by atoms with Crippen LogP contribution in [-0.4, -0.2) is 48.0 Å². The fraction of sp³-hybridized carbons (Fsp3) is 0.370. The number of urea groups is 1. The first-order valence-electron chi connectivity index (χ1n) is 12.3. The van der Waals surface area contributed by atoms with E-state index in [1.54, 1.807) is 18.9 Å². The number of allylic oxidation sites excluding steroid dienone is 1. The van der Waals surface area contributed by atoms with Gasteiger partial charge in [0.05, 0.1) is 30.1 Å². The standard InChI is InChI=1S/C27H33N5O3S/c1-4-5-14-28-26(34)30-20-11-8-10-19(17-20)24-23(18(2)29-27-32(24)15-9-16-36-27)25(33)31-21-12-6-7-13-22(21)35-3/h6-8,10-13,17,24H,4-5,9,14-16H2,1-3H3,(H,31,33)(H2,28,30,34). The predicted octanol–water partition coefficient (Wildman–Crippen LogP) is 5.38. The maximum absolute atomic E-state index is 13.7. The lowest BCUT2D eigenvalue weighted by Crippen LogP contribution is -2.43. The van der Waals surface area contributed by atoms with Crippen LogP contribution in [0.3, 0.4) is 0 Å². The van der Waals surface area contributed by atoms with Gasteiger partial charge in [-0.25, -0.2) is 9.79 Å². The molecule has 0 spiro atoms. The number of rotatable bonds is 8. The Kier molecular flexibility index (Phi) is 8.53. The number of ether oxygens (including phenoxy) is 1. The lowest BCUT2D eigenvalue weighted by molar-refractivity contribution is -0.113. The number of aliphatic imine (C=N–C) groups is 1. The van der Waals surface area contributed by atoms with Crippen molar-refractivity contribution in [3.8, 4) is 5.75 Å². The molecule has 2 aliphatic rings. The minimum atomic E-state index is -0.329. The van der Waals surface area contributed by atoms with Crippen LogP contribution in [0.1, 0.15) is 44.7 Å². The number of hydrogen-bond acceptors (Lipinski definition) is 6. The Morgan fingerprint density at radius 1 is 1.17 bits per heavy atom. The Morgan fingerprint density at radius 3 is 2.81 bits per heavy atom. The Balaban J connectivity index is 1.66. The zero-order valence-electron chi connectivity index (χ0n) is 21.0. The quantitative estimate of drug-likeness (QED) is 0.417. The van der Waals surface area contributed by atoms with Gasteiger partial charge < -0.3 is 25.6 Å². The number of nitrogens with zero attached hydrogens (tertiary/aromatic N) is 2. The van der Waals surface area contributed by atoms with Crippen molar-refractivity contribution >= 4 is 40.2 Å². The molecule has 2 aliphatic heterocycles. The summed E-state index contributed by atoms with van der Waals surface area (Å²) in [5.74, 6) is 1.36. The van der Waals surface area contributed by atoms with Crippen LogP contribution in [0.25, 0.3) is 0 Å². The number of para-hydroxylation sites is 2. The number of benzene rings is 2. The second-order valence-corrected chi connectivity index (χ2v) is 9.77. The lowest BCUT2D eigenvalue weighted by Gasteiger charge is -2.41. The first-order valence-corrected chi connectivity index (χ1v) is 13.3. The molecule has 1 unspecified atom stereocenters. The molecule has 1 saturated heterocycles. The zero-order chi connectivity index (χ0) is 25.5. The normalized spacial score (nSPS) is 17.1. The molecule has 3 N–H and O–H groups in total. The number of thioether (sulfide) groups is 1. The van der Waals surface area contributed by atoms with E-state index in [9.17, 15) is 9.59 Å². The molecule has 0 saturated carbocycles. The molecule has 0 radical (unpaired) electrons. The first-order chi connectivity index (χ1) is 17.5. The number of unbranched alkanes of at least 4 members (excludes halogenated alkanes) is 1. The van der Waals surface area contributed by atoms with Crippen LogP contribution >= 0.6 is 11.8 Å². The third kappa shape index (κ3) is 5.84. The van der Waals surface area contributed by atoms with E-state index >= 15 is 0 Å². The Hall–Kier alpha value is -3.46. The van der Waals surface area contributed by atoms with Crippen molar-refractivity contribution in [2.24, 2.45) is 4.99 Å². The Labute approximate surface area is 216 Å². The number of carbonyl (C=O) groups excluding carboxylic acids is 2. The lowest BCUT2D eigenvalue weighted by atomic mass is 9.93. The van der Waals surface area contributed by atoms with Gasteiger partial charge in [0, 0.05) is 24.5 Å². The van der Waals surface area contributed by atoms with E-state index in [-0.39, 0.29) is 18.0 Å². The van der Waals surface area contributed by atoms with Crippen molar-refractivity contribution in [2.75, 3.05) is 36.6 Å². The van der Waals surface area contributed by atoms with Gasteiger partial charge in [0.1, 0.15) is 5.75 Å². The molecule has 2 aromatic carbocycles. The molecule has 190 valence electrons. The Morgan fingerprint density at radius 2 is 2.00 bits per heavy atom. The molecule has 8 nitrogen and oxygen atoms in total. The van der Waals surface area contributed by atoms with E-state index < -0.39 is 0 Å². The molecule has 9 heteroatoms. The number of fused-ring (bicyclic) bond motifs is 1. The van der Waals surface area contributed by atoms with Crippen LogP contribution < -0.4 is 20.7 Å². The van der Waals surface area contributed by atoms with Crippen molar-refractivity contribution in [3.05, 3.63) is 65.4 Å². The third-order valence-electron chi connectivity index (χ3n) is 6.13. The Bertz CT molecular complexity index is 1180. The summed E-state index contributed by atoms with van der Waals surface area (Å²) < 4.78 is 5.43. The summed E-state index contributed by atoms with van der Waals surface area (Å²) in [6.45, 7) is 5.39. The van der Waals surface area contributed by atoms with Gasteiger partial charge in [-0.1, -0.05) is 49.4 Å². The van der Waals surface area contributed by atoms with Crippen LogP contribution in [0, 0.1) is 0 Å². The number of carbonyl (C=O) groups is 2. The maximum Gasteiger partial charge on any atom is 0.319 e. The van der Waals surface area contributed by atoms with E-state index in [0.29, 0.717) is 34.9 Å². The van der Waals surface area contributed by atoms with Crippen molar-refractivity contribution in [2.45, 2.75) is 39.2 Å². The van der Waals surface area contributed by atoms with Gasteiger partial charge >= 0.3 is 6.03 Å². The van der Waals surface area contributed by atoms with E-state index in [1.807, 2.05) is 55.5 Å². The van der Waals surface area contributed by atoms with Gasteiger partial charge in [-0.3, -0.25) is 4.79 Å². The summed E-state index contributed by atoms with van der Waals surface area (Å²) in [4.78, 5) is 33.0. The monoisotopic (exact) mass is 507 g/mol. The van der Waals surface area contributed by atoms with Gasteiger partial charge in [0.25, 0.3) is 5.91 Å². The second-order valence-electron chi connectivity index (χ2n) is 8.71. The first kappa shape index (κ1) is 25.6. The predicted molar refractivity (Wildman–Crippen MR) is 147 cm³/mol. The highest BCUT2D eigenvalue weighted by Gasteiger charge is 2.37. The van der Waals surface area contributed by atoms with Gasteiger partial charge in [0.2, 0.25) is 0 Å². The molecule has 1 fully saturated rings. The van der Waals surface area contributed by atoms with Crippen molar-refractivity contribution < 1.29 is 14.3 Å². The average Bonchev–Trinajstić information content (AvgIpc) is 2.88. The van der Waals surface area contributed by atoms with E-state index in [1.165, 1.54) is 0 Å². The molecule has 36 heavy (non-hydrogen) atoms. The summed E-state index contributed by atoms with van der Waals surface area (Å²) >= 11 is 1.71. The van der Waals surface area contributed by atoms with Crippen LogP contribution in [0.15, 0.2) is 64.8 Å². The number of amides is 3. The summed E-state index contributed by atoms with van der Waals surface area (Å²) in [5.41, 5.74) is 3.46. The SMILES string of the molecule is CCCCNC(=O)Nc1cccc(C2C(C(=O)Nc3ccccc3OC)=C(C)N=C3SCCCN32)c1. The van der Waals surface area contributed by atoms with Crippen molar-refractivity contribution in [3.63, 3.8) is 0 Å². The minimum Gasteiger partial charge on any atom is -0.495 e. The zero-order valence-corrected chi connectivity index (χ0v) is 21.8. The number of hydrogen-bond donors (Lipinski definition) is 3. The highest BCUT2D eigenvalue weighted by molar-refractivity contribution is 8.13. The van der Waals surface area contributed by atoms with Crippen LogP contribution in [0.5, 0.6) is 5.75 Å². The molecule has 0 aromatic heterocycles. The van der Waals surface area contributed by atoms with Crippen LogP contribution in [-0.2, 0) is 4.79 Å². The number of methoxy groups -OCH3 is 1. The van der Waals surface area contributed by atoms with Gasteiger partial charge in [-0.15, -0.1) is 0 Å². The topological polar surface area (TPSA) is 95.1 Å². The molecule has 0 aliphatic carbocycles. The number of amidine groups is 1. The summed E-state index contributed by atoms with van der Waals surface area (Å²) in [7, 11) is 1.58. The summed E-state index contributed by atoms with van der Waals surface area (Å²) in [6.07, 6.45) is 2.94. The van der Waals surface area contributed by atoms with Crippen molar-refractivity contribution in [1.29, 1.82) is 0 Å². The minimum absolute atomic E-state index is 0.226. The summed E-state index contributed by atoms with van der Waals surface area (Å²) in [6, 6.07) is 14.5. The maximum atomic E-state index is 13.7. The average molecular weight is 508 g/mol. The van der Waals surface area contributed by atoms with Gasteiger partial charge in [-0.2, -0.15) is 0 Å². The molecule has 4 rings (SSSR count). The molecule has 0 bridgehead atoms. The highest BCUT2D eigenvalue weighted by Crippen LogP contribution is 2.40. The molecule has 2 aromatic rings. The van der Waals surface area contributed by atoms with Crippen LogP contribution in [0.4, 0.5) is 16.2 Å². The fourth-order valence-corrected chi connectivity index (χ4v) is 5.40. The largest absolute Gasteiger partial charge is 0.495 e. The van der Waals surface area contributed by atoms with E-state index in [2.05, 4.69) is 27.8 Å².